The van der Waals surface area contributed by atoms with Gasteiger partial charge in [0.2, 0.25) is 0 Å². The van der Waals surface area contributed by atoms with E-state index in [1.54, 1.807) is 61.7 Å². The van der Waals surface area contributed by atoms with Gasteiger partial charge in [0.25, 0.3) is 11.5 Å². The molecule has 1 heterocycles. The van der Waals surface area contributed by atoms with Gasteiger partial charge in [0.05, 0.1) is 35.7 Å². The van der Waals surface area contributed by atoms with Crippen LogP contribution < -0.4 is 20.5 Å². The molecule has 0 unspecified atom stereocenters. The Labute approximate surface area is 245 Å². The third-order valence-corrected chi connectivity index (χ3v) is 7.18. The van der Waals surface area contributed by atoms with E-state index in [0.717, 1.165) is 22.9 Å². The third-order valence-electron chi connectivity index (χ3n) is 5.99. The molecule has 0 bridgehead atoms. The molecule has 4 aromatic carbocycles. The largest absolute Gasteiger partial charge is 0.493 e. The number of methoxy groups -OCH3 is 1. The summed E-state index contributed by atoms with van der Waals surface area (Å²) < 4.78 is 12.8. The highest BCUT2D eigenvalue weighted by molar-refractivity contribution is 7.99. The number of rotatable bonds is 10. The molecule has 0 spiro atoms. The van der Waals surface area contributed by atoms with Gasteiger partial charge in [-0.15, -0.1) is 0 Å². The van der Waals surface area contributed by atoms with Gasteiger partial charge in [-0.25, -0.2) is 10.4 Å². The number of ether oxygens (including phenoxy) is 2. The second-order valence-corrected chi connectivity index (χ2v) is 10.2. The average Bonchev–Trinajstić information content (AvgIpc) is 3.00. The van der Waals surface area contributed by atoms with Gasteiger partial charge in [0, 0.05) is 5.02 Å². The number of halogens is 1. The molecule has 0 saturated carbocycles. The first-order valence-electron chi connectivity index (χ1n) is 12.6. The van der Waals surface area contributed by atoms with Crippen LogP contribution in [0.2, 0.25) is 5.02 Å². The first-order chi connectivity index (χ1) is 20.0. The Bertz CT molecular complexity index is 1760. The van der Waals surface area contributed by atoms with Crippen LogP contribution in [0.1, 0.15) is 11.1 Å². The lowest BCUT2D eigenvalue weighted by molar-refractivity contribution is -0.118. The third kappa shape index (κ3) is 6.95. The van der Waals surface area contributed by atoms with Gasteiger partial charge in [-0.3, -0.25) is 14.2 Å². The number of hydrogen-bond donors (Lipinski definition) is 1. The van der Waals surface area contributed by atoms with E-state index in [1.807, 2.05) is 42.5 Å². The molecular weight excluding hydrogens is 560 g/mol. The standard InChI is InChI=1S/C31H25ClN4O4S/c1-39-28-17-22(11-16-27(28)40-19-21-7-3-2-4-8-21)18-33-35-29(37)20-41-31-34-26-10-6-5-9-25(26)30(38)36(31)24-14-12-23(32)13-15-24/h2-18H,19-20H2,1H3,(H,35,37)/b33-18+. The summed E-state index contributed by atoms with van der Waals surface area (Å²) in [6.07, 6.45) is 1.52. The second kappa shape index (κ2) is 13.2. The normalized spacial score (nSPS) is 11.1. The molecule has 0 saturated heterocycles. The van der Waals surface area contributed by atoms with Crippen molar-refractivity contribution in [2.75, 3.05) is 12.9 Å². The van der Waals surface area contributed by atoms with Crippen LogP contribution in [0.4, 0.5) is 0 Å². The summed E-state index contributed by atoms with van der Waals surface area (Å²) in [7, 11) is 1.56. The topological polar surface area (TPSA) is 94.8 Å². The number of carbonyl (C=O) groups excluding carboxylic acids is 1. The fourth-order valence-corrected chi connectivity index (χ4v) is 4.92. The summed E-state index contributed by atoms with van der Waals surface area (Å²) in [5.74, 6) is 0.787. The molecule has 0 radical (unpaired) electrons. The van der Waals surface area contributed by atoms with Crippen molar-refractivity contribution < 1.29 is 14.3 Å². The lowest BCUT2D eigenvalue weighted by Crippen LogP contribution is -2.24. The Hall–Kier alpha value is -4.60. The van der Waals surface area contributed by atoms with Crippen molar-refractivity contribution in [2.45, 2.75) is 11.8 Å². The predicted octanol–water partition coefficient (Wildman–Crippen LogP) is 5.87. The Morgan fingerprint density at radius 2 is 1.76 bits per heavy atom. The van der Waals surface area contributed by atoms with Crippen molar-refractivity contribution in [3.8, 4) is 17.2 Å². The van der Waals surface area contributed by atoms with E-state index >= 15 is 0 Å². The summed E-state index contributed by atoms with van der Waals surface area (Å²) in [4.78, 5) is 30.6. The number of hydrogen-bond acceptors (Lipinski definition) is 7. The molecular formula is C31H25ClN4O4S. The lowest BCUT2D eigenvalue weighted by atomic mass is 10.2. The van der Waals surface area contributed by atoms with Gasteiger partial charge >= 0.3 is 0 Å². The highest BCUT2D eigenvalue weighted by Crippen LogP contribution is 2.28. The van der Waals surface area contributed by atoms with Gasteiger partial charge < -0.3 is 9.47 Å². The van der Waals surface area contributed by atoms with Crippen molar-refractivity contribution in [3.05, 3.63) is 124 Å². The maximum absolute atomic E-state index is 13.3. The second-order valence-electron chi connectivity index (χ2n) is 8.79. The molecule has 0 atom stereocenters. The number of carbonyl (C=O) groups is 1. The minimum atomic E-state index is -0.355. The number of nitrogens with zero attached hydrogens (tertiary/aromatic N) is 3. The zero-order chi connectivity index (χ0) is 28.6. The summed E-state index contributed by atoms with van der Waals surface area (Å²) in [5, 5.41) is 5.48. The molecule has 1 N–H and O–H groups in total. The number of hydrazone groups is 1. The summed E-state index contributed by atoms with van der Waals surface area (Å²) >= 11 is 7.18. The maximum atomic E-state index is 13.3. The van der Waals surface area contributed by atoms with Crippen LogP contribution in [0.25, 0.3) is 16.6 Å². The van der Waals surface area contributed by atoms with Gasteiger partial charge in [0.15, 0.2) is 16.7 Å². The highest BCUT2D eigenvalue weighted by atomic mass is 35.5. The first-order valence-corrected chi connectivity index (χ1v) is 14.0. The molecule has 8 nitrogen and oxygen atoms in total. The van der Waals surface area contributed by atoms with Crippen LogP contribution >= 0.6 is 23.4 Å². The van der Waals surface area contributed by atoms with E-state index in [1.165, 1.54) is 10.8 Å². The van der Waals surface area contributed by atoms with Gasteiger partial charge in [-0.1, -0.05) is 65.8 Å². The van der Waals surface area contributed by atoms with Crippen LogP contribution in [0, 0.1) is 0 Å². The quantitative estimate of drug-likeness (QED) is 0.0955. The Kier molecular flexibility index (Phi) is 8.98. The molecule has 0 aliphatic rings. The van der Waals surface area contributed by atoms with Crippen LogP contribution in [0.15, 0.2) is 112 Å². The van der Waals surface area contributed by atoms with Gasteiger partial charge in [0.1, 0.15) is 6.61 Å². The van der Waals surface area contributed by atoms with Crippen molar-refractivity contribution >= 4 is 46.4 Å². The van der Waals surface area contributed by atoms with Crippen molar-refractivity contribution in [1.82, 2.24) is 15.0 Å². The SMILES string of the molecule is COc1cc(/C=N/NC(=O)CSc2nc3ccccc3c(=O)n2-c2ccc(Cl)cc2)ccc1OCc1ccccc1. The fourth-order valence-electron chi connectivity index (χ4n) is 3.99. The lowest BCUT2D eigenvalue weighted by Gasteiger charge is -2.13. The zero-order valence-electron chi connectivity index (χ0n) is 22.0. The number of nitrogens with one attached hydrogen (secondary N) is 1. The Balaban J connectivity index is 1.25. The number of benzene rings is 4. The Morgan fingerprint density at radius 3 is 2.54 bits per heavy atom. The van der Waals surface area contributed by atoms with E-state index in [0.29, 0.717) is 44.9 Å². The minimum Gasteiger partial charge on any atom is -0.493 e. The maximum Gasteiger partial charge on any atom is 0.266 e. The number of amides is 1. The van der Waals surface area contributed by atoms with Crippen LogP contribution in [-0.4, -0.2) is 34.5 Å². The van der Waals surface area contributed by atoms with E-state index in [-0.39, 0.29) is 17.2 Å². The number of thioether (sulfide) groups is 1. The van der Waals surface area contributed by atoms with E-state index in [2.05, 4.69) is 15.5 Å². The monoisotopic (exact) mass is 584 g/mol. The van der Waals surface area contributed by atoms with Crippen molar-refractivity contribution in [2.24, 2.45) is 5.10 Å². The number of aromatic nitrogens is 2. The molecule has 1 amide bonds. The summed E-state index contributed by atoms with van der Waals surface area (Å²) in [6, 6.07) is 29.2. The molecule has 0 aliphatic carbocycles. The predicted molar refractivity (Wildman–Crippen MR) is 163 cm³/mol. The van der Waals surface area contributed by atoms with Gasteiger partial charge in [-0.2, -0.15) is 5.10 Å². The smallest absolute Gasteiger partial charge is 0.266 e. The molecule has 41 heavy (non-hydrogen) atoms. The summed E-state index contributed by atoms with van der Waals surface area (Å²) in [5.41, 5.74) is 5.21. The molecule has 5 rings (SSSR count). The number of fused-ring (bicyclic) bond motifs is 1. The molecule has 10 heteroatoms. The molecule has 5 aromatic rings. The minimum absolute atomic E-state index is 0.00864. The Morgan fingerprint density at radius 1 is 1.00 bits per heavy atom. The molecule has 0 aliphatic heterocycles. The number of para-hydroxylation sites is 1. The molecule has 1 aromatic heterocycles. The van der Waals surface area contributed by atoms with Crippen LogP contribution in [0.5, 0.6) is 11.5 Å². The molecule has 0 fully saturated rings. The average molecular weight is 585 g/mol. The van der Waals surface area contributed by atoms with E-state index in [4.69, 9.17) is 21.1 Å². The zero-order valence-corrected chi connectivity index (χ0v) is 23.6. The first kappa shape index (κ1) is 27.9. The van der Waals surface area contributed by atoms with Crippen LogP contribution in [0.3, 0.4) is 0 Å². The van der Waals surface area contributed by atoms with Gasteiger partial charge in [-0.05, 0) is 65.7 Å². The summed E-state index contributed by atoms with van der Waals surface area (Å²) in [6.45, 7) is 0.413. The van der Waals surface area contributed by atoms with Crippen LogP contribution in [-0.2, 0) is 11.4 Å². The fraction of sp³-hybridized carbons (Fsp3) is 0.0968. The van der Waals surface area contributed by atoms with E-state index < -0.39 is 0 Å². The van der Waals surface area contributed by atoms with Crippen molar-refractivity contribution in [3.63, 3.8) is 0 Å². The molecule has 206 valence electrons. The highest BCUT2D eigenvalue weighted by Gasteiger charge is 2.15. The van der Waals surface area contributed by atoms with E-state index in [9.17, 15) is 9.59 Å². The van der Waals surface area contributed by atoms with Crippen molar-refractivity contribution in [1.29, 1.82) is 0 Å².